The molecule has 7 rings (SSSR count). The second kappa shape index (κ2) is 9.34. The van der Waals surface area contributed by atoms with Gasteiger partial charge in [0.1, 0.15) is 17.0 Å². The first-order valence-electron chi connectivity index (χ1n) is 14.4. The standard InChI is InChI=1S/C31H35N7O2/c1-17(10-11-32)24-8-6-20-12-26(36(30(20)34-24)16-19-4-5-19)29-18(2)37-27(35-29)13-21(14-28(37)40-3)31(39)38-22-7-9-25(38)23(33)15-22/h6,8,12-14,17,19,22-23,25H,4-5,7,9-10,15-16,33H2,1-3H3/t17?,22-,23+,25+/m0/s1. The average Bonchev–Trinajstić information content (AvgIpc) is 3.27. The molecule has 4 atom stereocenters. The molecule has 0 spiro atoms. The van der Waals surface area contributed by atoms with Gasteiger partial charge in [0, 0.05) is 59.7 Å². The number of amides is 1. The van der Waals surface area contributed by atoms with E-state index in [1.165, 1.54) is 12.8 Å². The van der Waals surface area contributed by atoms with Crippen molar-refractivity contribution in [2.75, 3.05) is 7.11 Å². The molecular formula is C31H35N7O2. The summed E-state index contributed by atoms with van der Waals surface area (Å²) in [6.07, 6.45) is 5.74. The number of carbonyl (C=O) groups is 1. The van der Waals surface area contributed by atoms with E-state index in [9.17, 15) is 10.1 Å². The van der Waals surface area contributed by atoms with Crippen LogP contribution in [0.2, 0.25) is 0 Å². The number of aromatic nitrogens is 4. The zero-order valence-corrected chi connectivity index (χ0v) is 23.3. The Morgan fingerprint density at radius 2 is 2.02 bits per heavy atom. The van der Waals surface area contributed by atoms with Crippen LogP contribution in [0.4, 0.5) is 0 Å². The third-order valence-corrected chi connectivity index (χ3v) is 9.24. The van der Waals surface area contributed by atoms with E-state index in [1.807, 2.05) is 41.3 Å². The molecule has 3 aliphatic rings. The van der Waals surface area contributed by atoms with Crippen molar-refractivity contribution in [1.29, 1.82) is 5.26 Å². The number of hydrogen-bond acceptors (Lipinski definition) is 6. The summed E-state index contributed by atoms with van der Waals surface area (Å²) in [5.74, 6) is 1.30. The van der Waals surface area contributed by atoms with Crippen LogP contribution in [0, 0.1) is 24.2 Å². The van der Waals surface area contributed by atoms with Gasteiger partial charge in [-0.3, -0.25) is 9.20 Å². The van der Waals surface area contributed by atoms with E-state index >= 15 is 0 Å². The van der Waals surface area contributed by atoms with Gasteiger partial charge in [-0.25, -0.2) is 9.97 Å². The fraction of sp³-hybridized carbons (Fsp3) is 0.484. The highest BCUT2D eigenvalue weighted by atomic mass is 16.5. The molecule has 2 aliphatic heterocycles. The highest BCUT2D eigenvalue weighted by Crippen LogP contribution is 2.40. The summed E-state index contributed by atoms with van der Waals surface area (Å²) < 4.78 is 10.1. The van der Waals surface area contributed by atoms with Crippen molar-refractivity contribution in [3.63, 3.8) is 0 Å². The Balaban J connectivity index is 1.34. The van der Waals surface area contributed by atoms with Crippen molar-refractivity contribution in [3.8, 4) is 23.3 Å². The topological polar surface area (TPSA) is 114 Å². The number of imidazole rings is 1. The second-order valence-corrected chi connectivity index (χ2v) is 11.9. The van der Waals surface area contributed by atoms with Crippen LogP contribution < -0.4 is 10.5 Å². The van der Waals surface area contributed by atoms with Gasteiger partial charge in [-0.05, 0) is 69.2 Å². The Bertz CT molecular complexity index is 1690. The SMILES string of the molecule is COc1cc(C(=O)N2[C@H]3CC[C@@H]2[C@H](N)C3)cc2nc(-c3cc4ccc(C(C)CC#N)nc4n3CC3CC3)c(C)n12. The van der Waals surface area contributed by atoms with Crippen molar-refractivity contribution in [3.05, 3.63) is 47.3 Å². The summed E-state index contributed by atoms with van der Waals surface area (Å²) in [4.78, 5) is 25.8. The normalized spacial score (nSPS) is 22.8. The Morgan fingerprint density at radius 1 is 1.20 bits per heavy atom. The van der Waals surface area contributed by atoms with Gasteiger partial charge in [0.2, 0.25) is 0 Å². The van der Waals surface area contributed by atoms with E-state index < -0.39 is 0 Å². The summed E-state index contributed by atoms with van der Waals surface area (Å²) in [7, 11) is 1.63. The number of nitrogens with zero attached hydrogens (tertiary/aromatic N) is 6. The Hall–Kier alpha value is -3.90. The maximum absolute atomic E-state index is 13.7. The van der Waals surface area contributed by atoms with Gasteiger partial charge in [0.15, 0.2) is 5.88 Å². The van der Waals surface area contributed by atoms with E-state index in [0.29, 0.717) is 29.4 Å². The lowest BCUT2D eigenvalue weighted by atomic mass is 9.97. The van der Waals surface area contributed by atoms with E-state index in [4.69, 9.17) is 20.4 Å². The highest BCUT2D eigenvalue weighted by Gasteiger charge is 2.47. The molecule has 2 N–H and O–H groups in total. The number of pyridine rings is 2. The molecule has 1 unspecified atom stereocenters. The Kier molecular flexibility index (Phi) is 5.86. The largest absolute Gasteiger partial charge is 0.482 e. The lowest BCUT2D eigenvalue weighted by Crippen LogP contribution is -2.40. The molecule has 0 aromatic carbocycles. The third-order valence-electron chi connectivity index (χ3n) is 9.24. The second-order valence-electron chi connectivity index (χ2n) is 11.9. The van der Waals surface area contributed by atoms with Crippen molar-refractivity contribution < 1.29 is 9.53 Å². The van der Waals surface area contributed by atoms with Crippen molar-refractivity contribution >= 4 is 22.6 Å². The van der Waals surface area contributed by atoms with Gasteiger partial charge in [-0.1, -0.05) is 6.92 Å². The summed E-state index contributed by atoms with van der Waals surface area (Å²) >= 11 is 0. The van der Waals surface area contributed by atoms with E-state index in [-0.39, 0.29) is 30.0 Å². The number of ether oxygens (including phenoxy) is 1. The minimum absolute atomic E-state index is 0.00881. The molecule has 9 heteroatoms. The molecule has 1 amide bonds. The highest BCUT2D eigenvalue weighted by molar-refractivity contribution is 5.96. The first-order chi connectivity index (χ1) is 19.4. The molecule has 2 bridgehead atoms. The van der Waals surface area contributed by atoms with E-state index in [0.717, 1.165) is 59.6 Å². The number of rotatable bonds is 7. The first-order valence-corrected chi connectivity index (χ1v) is 14.4. The minimum Gasteiger partial charge on any atom is -0.482 e. The van der Waals surface area contributed by atoms with Gasteiger partial charge >= 0.3 is 0 Å². The summed E-state index contributed by atoms with van der Waals surface area (Å²) in [6.45, 7) is 4.98. The van der Waals surface area contributed by atoms with Crippen molar-refractivity contribution in [2.24, 2.45) is 11.7 Å². The third kappa shape index (κ3) is 3.88. The number of carbonyl (C=O) groups excluding carboxylic acids is 1. The van der Waals surface area contributed by atoms with Crippen LogP contribution in [0.15, 0.2) is 30.3 Å². The molecular weight excluding hydrogens is 502 g/mol. The fourth-order valence-corrected chi connectivity index (χ4v) is 6.89. The molecule has 4 aromatic heterocycles. The maximum Gasteiger partial charge on any atom is 0.254 e. The molecule has 6 heterocycles. The molecule has 4 aromatic rings. The van der Waals surface area contributed by atoms with Gasteiger partial charge in [0.25, 0.3) is 5.91 Å². The van der Waals surface area contributed by atoms with Crippen LogP contribution in [-0.4, -0.2) is 55.0 Å². The molecule has 2 saturated heterocycles. The molecule has 206 valence electrons. The lowest BCUT2D eigenvalue weighted by molar-refractivity contribution is 0.0726. The predicted molar refractivity (Wildman–Crippen MR) is 152 cm³/mol. The van der Waals surface area contributed by atoms with Crippen LogP contribution in [-0.2, 0) is 6.54 Å². The number of methoxy groups -OCH3 is 1. The smallest absolute Gasteiger partial charge is 0.254 e. The number of aryl methyl sites for hydroxylation is 1. The van der Waals surface area contributed by atoms with Crippen LogP contribution in [0.5, 0.6) is 5.88 Å². The summed E-state index contributed by atoms with van der Waals surface area (Å²) in [5, 5.41) is 10.3. The molecule has 40 heavy (non-hydrogen) atoms. The monoisotopic (exact) mass is 537 g/mol. The minimum atomic E-state index is 0.00881. The van der Waals surface area contributed by atoms with Gasteiger partial charge in [-0.15, -0.1) is 0 Å². The zero-order valence-electron chi connectivity index (χ0n) is 23.3. The molecule has 1 aliphatic carbocycles. The van der Waals surface area contributed by atoms with Gasteiger partial charge < -0.3 is 19.9 Å². The summed E-state index contributed by atoms with van der Waals surface area (Å²) in [6, 6.07) is 12.7. The van der Waals surface area contributed by atoms with Crippen LogP contribution in [0.1, 0.15) is 73.1 Å². The van der Waals surface area contributed by atoms with Crippen LogP contribution in [0.3, 0.4) is 0 Å². The zero-order chi connectivity index (χ0) is 27.7. The molecule has 3 fully saturated rings. The fourth-order valence-electron chi connectivity index (χ4n) is 6.89. The molecule has 0 radical (unpaired) electrons. The predicted octanol–water partition coefficient (Wildman–Crippen LogP) is 4.80. The number of fused-ring (bicyclic) bond motifs is 4. The van der Waals surface area contributed by atoms with Crippen LogP contribution in [0.25, 0.3) is 28.1 Å². The quantitative estimate of drug-likeness (QED) is 0.362. The lowest BCUT2D eigenvalue weighted by Gasteiger charge is -2.23. The van der Waals surface area contributed by atoms with Crippen LogP contribution >= 0.6 is 0 Å². The van der Waals surface area contributed by atoms with E-state index in [2.05, 4.69) is 22.8 Å². The van der Waals surface area contributed by atoms with Gasteiger partial charge in [-0.2, -0.15) is 5.26 Å². The average molecular weight is 538 g/mol. The first kappa shape index (κ1) is 25.1. The number of hydrogen-bond donors (Lipinski definition) is 1. The Labute approximate surface area is 233 Å². The number of nitrogens with two attached hydrogens (primary N) is 1. The van der Waals surface area contributed by atoms with Gasteiger partial charge in [0.05, 0.1) is 24.6 Å². The van der Waals surface area contributed by atoms with E-state index in [1.54, 1.807) is 7.11 Å². The maximum atomic E-state index is 13.7. The van der Waals surface area contributed by atoms with Crippen molar-refractivity contribution in [2.45, 2.75) is 83.0 Å². The number of nitriles is 1. The Morgan fingerprint density at radius 3 is 2.70 bits per heavy atom. The summed E-state index contributed by atoms with van der Waals surface area (Å²) in [5.41, 5.74) is 12.3. The molecule has 1 saturated carbocycles. The van der Waals surface area contributed by atoms with Crippen molar-refractivity contribution in [1.82, 2.24) is 23.8 Å². The molecule has 9 nitrogen and oxygen atoms in total.